The molecule has 1 saturated carbocycles. The standard InChI is InChI=1S/C24H28N6O3/c1-16-13-19-20(27-15-16)14-21(30-9-11-32-12-10-30)29-24(19)33-18-5-3-17(4-6-18)28-23(31)22-25-7-2-8-26-22/h2,7-8,13-15,17-18H,3-6,9-12H2,1H3,(H,28,31). The van der Waals surface area contributed by atoms with Crippen LogP contribution in [0.4, 0.5) is 5.82 Å². The van der Waals surface area contributed by atoms with Gasteiger partial charge in [0.2, 0.25) is 11.7 Å². The Morgan fingerprint density at radius 2 is 1.85 bits per heavy atom. The third-order valence-electron chi connectivity index (χ3n) is 6.16. The average Bonchev–Trinajstić information content (AvgIpc) is 2.86. The number of carbonyl (C=O) groups is 1. The van der Waals surface area contributed by atoms with E-state index in [-0.39, 0.29) is 23.9 Å². The lowest BCUT2D eigenvalue weighted by Gasteiger charge is -2.31. The van der Waals surface area contributed by atoms with Crippen LogP contribution >= 0.6 is 0 Å². The molecular formula is C24H28N6O3. The highest BCUT2D eigenvalue weighted by Crippen LogP contribution is 2.31. The zero-order valence-corrected chi connectivity index (χ0v) is 18.7. The molecule has 1 aliphatic carbocycles. The molecule has 3 aromatic rings. The van der Waals surface area contributed by atoms with Crippen molar-refractivity contribution in [3.8, 4) is 5.88 Å². The molecule has 0 aromatic carbocycles. The van der Waals surface area contributed by atoms with Gasteiger partial charge in [0.25, 0.3) is 5.91 Å². The first kappa shape index (κ1) is 21.5. The Hall–Kier alpha value is -3.33. The summed E-state index contributed by atoms with van der Waals surface area (Å²) >= 11 is 0. The highest BCUT2D eigenvalue weighted by molar-refractivity contribution is 5.90. The molecule has 1 saturated heterocycles. The number of hydrogen-bond acceptors (Lipinski definition) is 8. The molecule has 0 bridgehead atoms. The molecule has 1 aliphatic heterocycles. The quantitative estimate of drug-likeness (QED) is 0.636. The van der Waals surface area contributed by atoms with Gasteiger partial charge in [-0.25, -0.2) is 9.97 Å². The number of rotatable bonds is 5. The van der Waals surface area contributed by atoms with Gasteiger partial charge in [-0.15, -0.1) is 0 Å². The Balaban J connectivity index is 1.28. The zero-order chi connectivity index (χ0) is 22.6. The van der Waals surface area contributed by atoms with E-state index in [1.54, 1.807) is 18.5 Å². The summed E-state index contributed by atoms with van der Waals surface area (Å²) in [4.78, 5) is 32.1. The molecule has 2 fully saturated rings. The first-order chi connectivity index (χ1) is 16.2. The zero-order valence-electron chi connectivity index (χ0n) is 18.7. The SMILES string of the molecule is Cc1cnc2cc(N3CCOCC3)nc(OC3CCC(NC(=O)c4ncccn4)CC3)c2c1. The highest BCUT2D eigenvalue weighted by Gasteiger charge is 2.26. The van der Waals surface area contributed by atoms with Gasteiger partial charge in [0.05, 0.1) is 24.1 Å². The number of pyridine rings is 2. The Morgan fingerprint density at radius 3 is 2.61 bits per heavy atom. The van der Waals surface area contributed by atoms with E-state index in [0.717, 1.165) is 61.1 Å². The smallest absolute Gasteiger partial charge is 0.289 e. The van der Waals surface area contributed by atoms with E-state index >= 15 is 0 Å². The van der Waals surface area contributed by atoms with Crippen LogP contribution in [0, 0.1) is 6.92 Å². The predicted molar refractivity (Wildman–Crippen MR) is 123 cm³/mol. The summed E-state index contributed by atoms with van der Waals surface area (Å²) in [6.45, 7) is 5.03. The molecule has 0 radical (unpaired) electrons. The average molecular weight is 449 g/mol. The topological polar surface area (TPSA) is 102 Å². The van der Waals surface area contributed by atoms with E-state index in [1.807, 2.05) is 19.2 Å². The van der Waals surface area contributed by atoms with Gasteiger partial charge < -0.3 is 19.7 Å². The van der Waals surface area contributed by atoms with Gasteiger partial charge in [0, 0.05) is 43.8 Å². The van der Waals surface area contributed by atoms with E-state index in [9.17, 15) is 4.79 Å². The molecule has 0 atom stereocenters. The minimum atomic E-state index is -0.229. The number of ether oxygens (including phenoxy) is 2. The lowest BCUT2D eigenvalue weighted by atomic mass is 9.93. The molecule has 4 heterocycles. The van der Waals surface area contributed by atoms with Crippen LogP contribution in [-0.4, -0.2) is 64.3 Å². The monoisotopic (exact) mass is 448 g/mol. The lowest BCUT2D eigenvalue weighted by molar-refractivity contribution is 0.0881. The molecule has 5 rings (SSSR count). The van der Waals surface area contributed by atoms with Crippen molar-refractivity contribution < 1.29 is 14.3 Å². The molecule has 33 heavy (non-hydrogen) atoms. The third-order valence-corrected chi connectivity index (χ3v) is 6.16. The molecular weight excluding hydrogens is 420 g/mol. The van der Waals surface area contributed by atoms with Gasteiger partial charge in [-0.1, -0.05) is 0 Å². The fourth-order valence-electron chi connectivity index (χ4n) is 4.38. The number of aromatic nitrogens is 4. The number of hydrogen-bond donors (Lipinski definition) is 1. The Labute approximate surface area is 192 Å². The number of carbonyl (C=O) groups excluding carboxylic acids is 1. The van der Waals surface area contributed by atoms with Gasteiger partial charge in [-0.05, 0) is 50.3 Å². The highest BCUT2D eigenvalue weighted by atomic mass is 16.5. The van der Waals surface area contributed by atoms with Crippen molar-refractivity contribution in [3.05, 3.63) is 48.2 Å². The fourth-order valence-corrected chi connectivity index (χ4v) is 4.38. The van der Waals surface area contributed by atoms with Crippen LogP contribution in [0.25, 0.3) is 10.9 Å². The minimum Gasteiger partial charge on any atom is -0.474 e. The maximum absolute atomic E-state index is 12.4. The normalized spacial score (nSPS) is 21.1. The van der Waals surface area contributed by atoms with Crippen LogP contribution in [0.3, 0.4) is 0 Å². The van der Waals surface area contributed by atoms with Crippen LogP contribution < -0.4 is 15.0 Å². The van der Waals surface area contributed by atoms with Crippen LogP contribution in [-0.2, 0) is 4.74 Å². The number of nitrogens with zero attached hydrogens (tertiary/aromatic N) is 5. The van der Waals surface area contributed by atoms with E-state index in [0.29, 0.717) is 19.1 Å². The summed E-state index contributed by atoms with van der Waals surface area (Å²) in [7, 11) is 0. The summed E-state index contributed by atoms with van der Waals surface area (Å²) < 4.78 is 11.9. The lowest BCUT2D eigenvalue weighted by Crippen LogP contribution is -2.40. The van der Waals surface area contributed by atoms with Gasteiger partial charge in [-0.2, -0.15) is 4.98 Å². The van der Waals surface area contributed by atoms with Gasteiger partial charge in [0.1, 0.15) is 11.9 Å². The maximum Gasteiger partial charge on any atom is 0.289 e. The second-order valence-corrected chi connectivity index (χ2v) is 8.60. The van der Waals surface area contributed by atoms with Crippen molar-refractivity contribution in [1.29, 1.82) is 0 Å². The molecule has 0 spiro atoms. The van der Waals surface area contributed by atoms with E-state index < -0.39 is 0 Å². The third kappa shape index (κ3) is 5.03. The summed E-state index contributed by atoms with van der Waals surface area (Å²) in [5.41, 5.74) is 1.96. The molecule has 3 aromatic heterocycles. The second kappa shape index (κ2) is 9.66. The molecule has 172 valence electrons. The van der Waals surface area contributed by atoms with Crippen molar-refractivity contribution in [3.63, 3.8) is 0 Å². The molecule has 1 N–H and O–H groups in total. The summed E-state index contributed by atoms with van der Waals surface area (Å²) in [5, 5.41) is 3.98. The number of morpholine rings is 1. The molecule has 9 nitrogen and oxygen atoms in total. The minimum absolute atomic E-state index is 0.0438. The molecule has 0 unspecified atom stereocenters. The number of anilines is 1. The van der Waals surface area contributed by atoms with E-state index in [1.165, 1.54) is 0 Å². The van der Waals surface area contributed by atoms with E-state index in [4.69, 9.17) is 14.5 Å². The summed E-state index contributed by atoms with van der Waals surface area (Å²) in [6.07, 6.45) is 8.41. The van der Waals surface area contributed by atoms with Gasteiger partial charge in [0.15, 0.2) is 0 Å². The first-order valence-electron chi connectivity index (χ1n) is 11.5. The van der Waals surface area contributed by atoms with Gasteiger partial charge >= 0.3 is 0 Å². The van der Waals surface area contributed by atoms with Crippen molar-refractivity contribution in [1.82, 2.24) is 25.3 Å². The van der Waals surface area contributed by atoms with Crippen LogP contribution in [0.2, 0.25) is 0 Å². The van der Waals surface area contributed by atoms with Crippen LogP contribution in [0.1, 0.15) is 41.9 Å². The summed E-state index contributed by atoms with van der Waals surface area (Å²) in [6, 6.07) is 5.90. The number of nitrogens with one attached hydrogen (secondary N) is 1. The van der Waals surface area contributed by atoms with Crippen LogP contribution in [0.5, 0.6) is 5.88 Å². The molecule has 1 amide bonds. The Bertz CT molecular complexity index is 1110. The Kier molecular flexibility index (Phi) is 6.30. The van der Waals surface area contributed by atoms with Crippen molar-refractivity contribution in [2.45, 2.75) is 44.8 Å². The Morgan fingerprint density at radius 1 is 1.09 bits per heavy atom. The summed E-state index contributed by atoms with van der Waals surface area (Å²) in [5.74, 6) is 1.48. The maximum atomic E-state index is 12.4. The number of fused-ring (bicyclic) bond motifs is 1. The number of aryl methyl sites for hydroxylation is 1. The van der Waals surface area contributed by atoms with Gasteiger partial charge in [-0.3, -0.25) is 9.78 Å². The predicted octanol–water partition coefficient (Wildman–Crippen LogP) is 2.68. The molecule has 9 heteroatoms. The fraction of sp³-hybridized carbons (Fsp3) is 0.458. The molecule has 2 aliphatic rings. The van der Waals surface area contributed by atoms with Crippen molar-refractivity contribution in [2.75, 3.05) is 31.2 Å². The van der Waals surface area contributed by atoms with E-state index in [2.05, 4.69) is 31.2 Å². The first-order valence-corrected chi connectivity index (χ1v) is 11.5. The number of amides is 1. The van der Waals surface area contributed by atoms with Crippen LogP contribution in [0.15, 0.2) is 36.8 Å². The van der Waals surface area contributed by atoms with Crippen molar-refractivity contribution in [2.24, 2.45) is 0 Å². The van der Waals surface area contributed by atoms with Crippen molar-refractivity contribution >= 4 is 22.6 Å². The largest absolute Gasteiger partial charge is 0.474 e. The second-order valence-electron chi connectivity index (χ2n) is 8.60.